The smallest absolute Gasteiger partial charge is 0.253 e. The van der Waals surface area contributed by atoms with Gasteiger partial charge >= 0.3 is 0 Å². The highest BCUT2D eigenvalue weighted by Gasteiger charge is 2.25. The number of hydrogen-bond donors (Lipinski definition) is 0. The van der Waals surface area contributed by atoms with E-state index in [-0.39, 0.29) is 11.0 Å². The van der Waals surface area contributed by atoms with Crippen LogP contribution in [0.15, 0.2) is 23.5 Å². The topological polar surface area (TPSA) is 63.9 Å². The van der Waals surface area contributed by atoms with Crippen LogP contribution in [0.3, 0.4) is 0 Å². The van der Waals surface area contributed by atoms with Crippen molar-refractivity contribution in [2.75, 3.05) is 18.0 Å². The Labute approximate surface area is 167 Å². The molecule has 1 saturated heterocycles. The van der Waals surface area contributed by atoms with E-state index in [4.69, 9.17) is 0 Å². The summed E-state index contributed by atoms with van der Waals surface area (Å²) < 4.78 is 1.78. The van der Waals surface area contributed by atoms with Gasteiger partial charge in [0.25, 0.3) is 5.56 Å². The highest BCUT2D eigenvalue weighted by atomic mass is 16.1. The zero-order valence-electron chi connectivity index (χ0n) is 17.3. The van der Waals surface area contributed by atoms with Crippen molar-refractivity contribution in [3.8, 4) is 0 Å². The normalized spacial score (nSPS) is 18.2. The minimum Gasteiger partial charge on any atom is -0.356 e. The molecule has 1 aliphatic heterocycles. The third kappa shape index (κ3) is 3.96. The van der Waals surface area contributed by atoms with Crippen molar-refractivity contribution in [2.45, 2.75) is 71.3 Å². The molecule has 6 heteroatoms. The molecule has 0 radical (unpaired) electrons. The van der Waals surface area contributed by atoms with E-state index in [1.54, 1.807) is 23.3 Å². The second kappa shape index (κ2) is 7.64. The van der Waals surface area contributed by atoms with E-state index in [9.17, 15) is 4.79 Å². The second-order valence-corrected chi connectivity index (χ2v) is 9.27. The van der Waals surface area contributed by atoms with Crippen molar-refractivity contribution < 1.29 is 0 Å². The van der Waals surface area contributed by atoms with E-state index in [0.29, 0.717) is 5.92 Å². The monoisotopic (exact) mass is 381 g/mol. The first kappa shape index (κ1) is 19.1. The first-order chi connectivity index (χ1) is 13.4. The Morgan fingerprint density at radius 1 is 1.07 bits per heavy atom. The van der Waals surface area contributed by atoms with Crippen LogP contribution in [-0.2, 0) is 24.8 Å². The molecule has 1 fully saturated rings. The summed E-state index contributed by atoms with van der Waals surface area (Å²) in [5.74, 6) is 1.66. The van der Waals surface area contributed by atoms with Crippen molar-refractivity contribution in [2.24, 2.45) is 5.92 Å². The Kier molecular flexibility index (Phi) is 5.21. The zero-order valence-corrected chi connectivity index (χ0v) is 17.3. The fraction of sp³-hybridized carbons (Fsp3) is 0.636. The van der Waals surface area contributed by atoms with Crippen LogP contribution in [0.5, 0.6) is 0 Å². The highest BCUT2D eigenvalue weighted by molar-refractivity contribution is 5.49. The third-order valence-electron chi connectivity index (χ3n) is 6.12. The van der Waals surface area contributed by atoms with Gasteiger partial charge in [-0.1, -0.05) is 20.8 Å². The number of fused-ring (bicyclic) bond motifs is 1. The van der Waals surface area contributed by atoms with E-state index < -0.39 is 0 Å². The van der Waals surface area contributed by atoms with Crippen LogP contribution >= 0.6 is 0 Å². The quantitative estimate of drug-likeness (QED) is 0.817. The minimum atomic E-state index is -0.0970. The van der Waals surface area contributed by atoms with Gasteiger partial charge in [-0.05, 0) is 44.4 Å². The lowest BCUT2D eigenvalue weighted by molar-refractivity contribution is 0.348. The summed E-state index contributed by atoms with van der Waals surface area (Å²) in [5, 5.41) is 0. The van der Waals surface area contributed by atoms with Crippen molar-refractivity contribution in [1.82, 2.24) is 19.5 Å². The summed E-state index contributed by atoms with van der Waals surface area (Å²) in [6.07, 6.45) is 10.3. The molecule has 0 aromatic carbocycles. The molecule has 0 spiro atoms. The van der Waals surface area contributed by atoms with Crippen LogP contribution in [0.4, 0.5) is 5.82 Å². The molecule has 4 rings (SSSR count). The predicted molar refractivity (Wildman–Crippen MR) is 111 cm³/mol. The van der Waals surface area contributed by atoms with E-state index >= 15 is 0 Å². The highest BCUT2D eigenvalue weighted by Crippen LogP contribution is 2.30. The molecule has 28 heavy (non-hydrogen) atoms. The van der Waals surface area contributed by atoms with Crippen molar-refractivity contribution in [3.05, 3.63) is 46.0 Å². The maximum atomic E-state index is 12.5. The summed E-state index contributed by atoms with van der Waals surface area (Å²) in [7, 11) is 0. The van der Waals surface area contributed by atoms with Gasteiger partial charge in [0.15, 0.2) is 0 Å². The van der Waals surface area contributed by atoms with Gasteiger partial charge in [0.05, 0.1) is 12.0 Å². The average molecular weight is 382 g/mol. The Bertz CT molecular complexity index is 891. The van der Waals surface area contributed by atoms with Gasteiger partial charge in [0, 0.05) is 42.4 Å². The zero-order chi connectivity index (χ0) is 19.7. The molecule has 3 heterocycles. The summed E-state index contributed by atoms with van der Waals surface area (Å²) in [6.45, 7) is 9.00. The van der Waals surface area contributed by atoms with Crippen LogP contribution in [0, 0.1) is 5.92 Å². The number of anilines is 1. The van der Waals surface area contributed by atoms with Gasteiger partial charge in [-0.25, -0.2) is 15.0 Å². The first-order valence-electron chi connectivity index (χ1n) is 10.6. The minimum absolute atomic E-state index is 0.0622. The summed E-state index contributed by atoms with van der Waals surface area (Å²) >= 11 is 0. The van der Waals surface area contributed by atoms with Gasteiger partial charge in [0.2, 0.25) is 0 Å². The molecule has 0 amide bonds. The van der Waals surface area contributed by atoms with Crippen LogP contribution in [0.1, 0.15) is 63.4 Å². The summed E-state index contributed by atoms with van der Waals surface area (Å²) in [4.78, 5) is 28.6. The van der Waals surface area contributed by atoms with E-state index in [2.05, 4.69) is 40.6 Å². The molecule has 0 N–H and O–H groups in total. The summed E-state index contributed by atoms with van der Waals surface area (Å²) in [5.41, 5.74) is 3.44. The fourth-order valence-corrected chi connectivity index (χ4v) is 4.36. The van der Waals surface area contributed by atoms with Gasteiger partial charge in [0.1, 0.15) is 12.1 Å². The van der Waals surface area contributed by atoms with Crippen LogP contribution < -0.4 is 10.5 Å². The SMILES string of the molecule is CC(C)(C)c1cc(=O)n(CC2CCN(c3ncnc4c3CCCC4)CC2)cn1. The molecule has 150 valence electrons. The Hall–Kier alpha value is -2.24. The molecule has 0 unspecified atom stereocenters. The Balaban J connectivity index is 1.41. The molecule has 0 bridgehead atoms. The molecule has 6 nitrogen and oxygen atoms in total. The van der Waals surface area contributed by atoms with Crippen LogP contribution in [0.25, 0.3) is 0 Å². The lowest BCUT2D eigenvalue weighted by Gasteiger charge is -2.34. The average Bonchev–Trinajstić information content (AvgIpc) is 2.69. The molecular formula is C22H31N5O. The van der Waals surface area contributed by atoms with Crippen LogP contribution in [0.2, 0.25) is 0 Å². The predicted octanol–water partition coefficient (Wildman–Crippen LogP) is 3.13. The maximum Gasteiger partial charge on any atom is 0.253 e. The molecule has 1 aliphatic carbocycles. The molecule has 0 atom stereocenters. The number of hydrogen-bond acceptors (Lipinski definition) is 5. The number of aromatic nitrogens is 4. The molecule has 2 aliphatic rings. The van der Waals surface area contributed by atoms with Gasteiger partial charge < -0.3 is 4.90 Å². The lowest BCUT2D eigenvalue weighted by atomic mass is 9.92. The molecule has 2 aromatic heterocycles. The second-order valence-electron chi connectivity index (χ2n) is 9.27. The Morgan fingerprint density at radius 3 is 2.54 bits per heavy atom. The number of rotatable bonds is 3. The van der Waals surface area contributed by atoms with Crippen LogP contribution in [-0.4, -0.2) is 32.6 Å². The number of nitrogens with zero attached hydrogens (tertiary/aromatic N) is 5. The maximum absolute atomic E-state index is 12.5. The van der Waals surface area contributed by atoms with E-state index in [1.807, 2.05) is 0 Å². The largest absolute Gasteiger partial charge is 0.356 e. The number of aryl methyl sites for hydroxylation is 1. The van der Waals surface area contributed by atoms with Crippen molar-refractivity contribution in [1.29, 1.82) is 0 Å². The van der Waals surface area contributed by atoms with Crippen molar-refractivity contribution >= 4 is 5.82 Å². The third-order valence-corrected chi connectivity index (χ3v) is 6.12. The first-order valence-corrected chi connectivity index (χ1v) is 10.6. The van der Waals surface area contributed by atoms with E-state index in [0.717, 1.165) is 56.8 Å². The van der Waals surface area contributed by atoms with Crippen molar-refractivity contribution in [3.63, 3.8) is 0 Å². The molecule has 0 saturated carbocycles. The Morgan fingerprint density at radius 2 is 1.82 bits per heavy atom. The van der Waals surface area contributed by atoms with Gasteiger partial charge in [-0.15, -0.1) is 0 Å². The van der Waals surface area contributed by atoms with E-state index in [1.165, 1.54) is 24.1 Å². The van der Waals surface area contributed by atoms with Gasteiger partial charge in [-0.2, -0.15) is 0 Å². The molecule has 2 aromatic rings. The fourth-order valence-electron chi connectivity index (χ4n) is 4.36. The number of piperidine rings is 1. The molecular weight excluding hydrogens is 350 g/mol. The van der Waals surface area contributed by atoms with Gasteiger partial charge in [-0.3, -0.25) is 9.36 Å². The summed E-state index contributed by atoms with van der Waals surface area (Å²) in [6, 6.07) is 1.70. The standard InChI is InChI=1S/C22H31N5O/c1-22(2,3)19-12-20(28)27(15-25-19)13-16-8-10-26(11-9-16)21-17-6-4-5-7-18(17)23-14-24-21/h12,14-16H,4-11,13H2,1-3H3. The lowest BCUT2D eigenvalue weighted by Crippen LogP contribution is -2.38.